The quantitative estimate of drug-likeness (QED) is 0.459. The minimum Gasteiger partial charge on any atom is -0.467 e. The number of likely N-dealkylation sites (tertiary alicyclic amines) is 1. The summed E-state index contributed by atoms with van der Waals surface area (Å²) in [7, 11) is 1.41. The van der Waals surface area contributed by atoms with E-state index in [0.29, 0.717) is 13.1 Å². The highest BCUT2D eigenvalue weighted by molar-refractivity contribution is 5.85. The fraction of sp³-hybridized carbons (Fsp3) is 0.548. The Balaban J connectivity index is 1.87. The second-order valence-corrected chi connectivity index (χ2v) is 11.5. The van der Waals surface area contributed by atoms with Crippen LogP contribution in [0.1, 0.15) is 79.5 Å². The largest absolute Gasteiger partial charge is 0.467 e. The number of rotatable bonds is 4. The molecule has 2 heterocycles. The summed E-state index contributed by atoms with van der Waals surface area (Å²) in [5.74, 6) is -0.414. The minimum absolute atomic E-state index is 0.127. The Morgan fingerprint density at radius 1 is 0.865 bits per heavy atom. The molecule has 1 fully saturated rings. The van der Waals surface area contributed by atoms with Gasteiger partial charge in [0.1, 0.15) is 0 Å². The zero-order valence-corrected chi connectivity index (χ0v) is 23.6. The number of esters is 1. The van der Waals surface area contributed by atoms with Gasteiger partial charge in [-0.1, -0.05) is 29.8 Å². The lowest BCUT2D eigenvalue weighted by atomic mass is 9.80. The maximum absolute atomic E-state index is 13.4. The van der Waals surface area contributed by atoms with Gasteiger partial charge >= 0.3 is 12.0 Å². The van der Waals surface area contributed by atoms with E-state index in [0.717, 1.165) is 65.7 Å². The standard InChI is InChI=1S/C31H42N2O4/c1-20-11-13-23(14-12-20)26-21(2)24-15-18-33(30(35)32-16-9-8-10-17-32)19-25(24)22(3)27(26)28(29(34)36-7)37-31(4,5)6/h11-14,28H,8-10,15-19H2,1-7H3/t28-/m0/s1. The second-order valence-electron chi connectivity index (χ2n) is 11.5. The number of urea groups is 1. The summed E-state index contributed by atoms with van der Waals surface area (Å²) in [6.45, 7) is 15.1. The third kappa shape index (κ3) is 5.69. The predicted octanol–water partition coefficient (Wildman–Crippen LogP) is 6.27. The normalized spacial score (nSPS) is 16.8. The third-order valence-corrected chi connectivity index (χ3v) is 7.68. The lowest BCUT2D eigenvalue weighted by Crippen LogP contribution is -2.47. The van der Waals surface area contributed by atoms with Crippen LogP contribution in [-0.2, 0) is 27.2 Å². The van der Waals surface area contributed by atoms with Gasteiger partial charge in [-0.05, 0) is 101 Å². The third-order valence-electron chi connectivity index (χ3n) is 7.68. The summed E-state index contributed by atoms with van der Waals surface area (Å²) in [5, 5.41) is 0. The van der Waals surface area contributed by atoms with Gasteiger partial charge in [0.2, 0.25) is 0 Å². The summed E-state index contributed by atoms with van der Waals surface area (Å²) in [4.78, 5) is 30.6. The number of carbonyl (C=O) groups excluding carboxylic acids is 2. The van der Waals surface area contributed by atoms with Crippen molar-refractivity contribution in [1.82, 2.24) is 9.80 Å². The molecule has 0 spiro atoms. The summed E-state index contributed by atoms with van der Waals surface area (Å²) >= 11 is 0. The van der Waals surface area contributed by atoms with Crippen LogP contribution in [0.5, 0.6) is 0 Å². The van der Waals surface area contributed by atoms with Crippen molar-refractivity contribution in [2.75, 3.05) is 26.7 Å². The van der Waals surface area contributed by atoms with Crippen LogP contribution in [0.4, 0.5) is 4.79 Å². The lowest BCUT2D eigenvalue weighted by molar-refractivity contribution is -0.164. The molecule has 0 aliphatic carbocycles. The Bertz CT molecular complexity index is 1160. The first-order chi connectivity index (χ1) is 17.5. The Labute approximate surface area is 221 Å². The zero-order valence-electron chi connectivity index (χ0n) is 23.6. The van der Waals surface area contributed by atoms with E-state index in [1.54, 1.807) is 0 Å². The topological polar surface area (TPSA) is 59.1 Å². The highest BCUT2D eigenvalue weighted by atomic mass is 16.6. The molecule has 2 aromatic carbocycles. The monoisotopic (exact) mass is 506 g/mol. The van der Waals surface area contributed by atoms with E-state index in [4.69, 9.17) is 9.47 Å². The molecule has 2 aliphatic heterocycles. The van der Waals surface area contributed by atoms with Crippen LogP contribution < -0.4 is 0 Å². The first kappa shape index (κ1) is 27.2. The van der Waals surface area contributed by atoms with E-state index in [1.807, 2.05) is 30.6 Å². The number of piperidine rings is 1. The predicted molar refractivity (Wildman–Crippen MR) is 147 cm³/mol. The molecule has 0 unspecified atom stereocenters. The summed E-state index contributed by atoms with van der Waals surface area (Å²) in [6.07, 6.45) is 3.26. The average Bonchev–Trinajstić information content (AvgIpc) is 2.89. The van der Waals surface area contributed by atoms with Gasteiger partial charge in [-0.15, -0.1) is 0 Å². The number of ether oxygens (including phenoxy) is 2. The van der Waals surface area contributed by atoms with Crippen LogP contribution in [-0.4, -0.2) is 54.1 Å². The van der Waals surface area contributed by atoms with Gasteiger partial charge in [-0.25, -0.2) is 9.59 Å². The van der Waals surface area contributed by atoms with E-state index in [-0.39, 0.29) is 6.03 Å². The maximum Gasteiger partial charge on any atom is 0.339 e. The molecule has 2 aromatic rings. The number of methoxy groups -OCH3 is 1. The van der Waals surface area contributed by atoms with Crippen molar-refractivity contribution in [2.24, 2.45) is 0 Å². The molecule has 1 atom stereocenters. The first-order valence-corrected chi connectivity index (χ1v) is 13.5. The van der Waals surface area contributed by atoms with Crippen LogP contribution in [0.2, 0.25) is 0 Å². The SMILES string of the molecule is COC(=O)[C@@H](OC(C)(C)C)c1c(C)c2c(c(C)c1-c1ccc(C)cc1)CCN(C(=O)N1CCCCC1)C2. The summed E-state index contributed by atoms with van der Waals surface area (Å²) < 4.78 is 11.7. The molecule has 200 valence electrons. The molecule has 0 bridgehead atoms. The lowest BCUT2D eigenvalue weighted by Gasteiger charge is -2.38. The highest BCUT2D eigenvalue weighted by Crippen LogP contribution is 2.43. The molecule has 2 aliphatic rings. The summed E-state index contributed by atoms with van der Waals surface area (Å²) in [5.41, 5.74) is 8.12. The molecule has 0 N–H and O–H groups in total. The number of carbonyl (C=O) groups is 2. The van der Waals surface area contributed by atoms with Crippen LogP contribution in [0.25, 0.3) is 11.1 Å². The van der Waals surface area contributed by atoms with Crippen molar-refractivity contribution >= 4 is 12.0 Å². The Kier molecular flexibility index (Phi) is 7.98. The van der Waals surface area contributed by atoms with Gasteiger partial charge in [0.05, 0.1) is 12.7 Å². The van der Waals surface area contributed by atoms with E-state index in [2.05, 4.69) is 45.0 Å². The van der Waals surface area contributed by atoms with Crippen molar-refractivity contribution in [3.63, 3.8) is 0 Å². The van der Waals surface area contributed by atoms with Crippen molar-refractivity contribution in [3.05, 3.63) is 57.6 Å². The van der Waals surface area contributed by atoms with E-state index >= 15 is 0 Å². The highest BCUT2D eigenvalue weighted by Gasteiger charge is 2.36. The number of nitrogens with zero attached hydrogens (tertiary/aromatic N) is 2. The Morgan fingerprint density at radius 3 is 2.11 bits per heavy atom. The Hall–Kier alpha value is -2.86. The van der Waals surface area contributed by atoms with Crippen molar-refractivity contribution in [2.45, 2.75) is 85.5 Å². The molecule has 6 heteroatoms. The number of aryl methyl sites for hydroxylation is 1. The van der Waals surface area contributed by atoms with Gasteiger partial charge in [0.15, 0.2) is 6.10 Å². The molecule has 4 rings (SSSR count). The van der Waals surface area contributed by atoms with Gasteiger partial charge in [-0.2, -0.15) is 0 Å². The van der Waals surface area contributed by atoms with Gasteiger partial charge in [0.25, 0.3) is 0 Å². The van der Waals surface area contributed by atoms with E-state index in [1.165, 1.54) is 24.7 Å². The first-order valence-electron chi connectivity index (χ1n) is 13.5. The van der Waals surface area contributed by atoms with Gasteiger partial charge < -0.3 is 19.3 Å². The molecule has 6 nitrogen and oxygen atoms in total. The Morgan fingerprint density at radius 2 is 1.51 bits per heavy atom. The molecule has 0 aromatic heterocycles. The van der Waals surface area contributed by atoms with Gasteiger partial charge in [-0.3, -0.25) is 0 Å². The molecule has 1 saturated heterocycles. The number of amides is 2. The van der Waals surface area contributed by atoms with E-state index in [9.17, 15) is 9.59 Å². The van der Waals surface area contributed by atoms with Crippen molar-refractivity contribution < 1.29 is 19.1 Å². The van der Waals surface area contributed by atoms with Crippen LogP contribution in [0.15, 0.2) is 24.3 Å². The van der Waals surface area contributed by atoms with Crippen molar-refractivity contribution in [1.29, 1.82) is 0 Å². The summed E-state index contributed by atoms with van der Waals surface area (Å²) in [6, 6.07) is 8.57. The number of hydrogen-bond donors (Lipinski definition) is 0. The smallest absolute Gasteiger partial charge is 0.339 e. The molecule has 0 radical (unpaired) electrons. The molecular weight excluding hydrogens is 464 g/mol. The zero-order chi connectivity index (χ0) is 26.9. The number of fused-ring (bicyclic) bond motifs is 1. The molecular formula is C31H42N2O4. The molecule has 2 amide bonds. The number of benzene rings is 2. The van der Waals surface area contributed by atoms with Crippen LogP contribution in [0, 0.1) is 20.8 Å². The molecule has 37 heavy (non-hydrogen) atoms. The number of hydrogen-bond acceptors (Lipinski definition) is 4. The van der Waals surface area contributed by atoms with E-state index < -0.39 is 17.7 Å². The fourth-order valence-corrected chi connectivity index (χ4v) is 5.78. The second kappa shape index (κ2) is 10.9. The van der Waals surface area contributed by atoms with Gasteiger partial charge in [0, 0.05) is 31.7 Å². The maximum atomic E-state index is 13.4. The minimum atomic E-state index is -0.876. The van der Waals surface area contributed by atoms with Crippen LogP contribution >= 0.6 is 0 Å². The van der Waals surface area contributed by atoms with Crippen LogP contribution in [0.3, 0.4) is 0 Å². The fourth-order valence-electron chi connectivity index (χ4n) is 5.78. The molecule has 0 saturated carbocycles. The van der Waals surface area contributed by atoms with Crippen molar-refractivity contribution in [3.8, 4) is 11.1 Å². The average molecular weight is 507 g/mol.